The van der Waals surface area contributed by atoms with E-state index in [0.717, 1.165) is 62.0 Å². The van der Waals surface area contributed by atoms with E-state index in [1.54, 1.807) is 12.2 Å². The molecule has 0 radical (unpaired) electrons. The van der Waals surface area contributed by atoms with Crippen LogP contribution in [0.15, 0.2) is 30.1 Å². The van der Waals surface area contributed by atoms with Crippen molar-refractivity contribution in [1.29, 1.82) is 0 Å². The van der Waals surface area contributed by atoms with E-state index in [1.807, 2.05) is 12.1 Å². The molecule has 2 atom stereocenters. The number of carbonyl (C=O) groups is 1. The lowest BCUT2D eigenvalue weighted by Gasteiger charge is -2.22. The van der Waals surface area contributed by atoms with E-state index in [9.17, 15) is 9.90 Å². The minimum absolute atomic E-state index is 0.0595. The summed E-state index contributed by atoms with van der Waals surface area (Å²) in [7, 11) is 0. The average molecular weight is 417 g/mol. The number of aldehydes is 1. The molecule has 5 nitrogen and oxygen atoms in total. The molecule has 0 aromatic heterocycles. The molecule has 2 aliphatic heterocycles. The number of carbonyl (C=O) groups excluding carboxylic acids is 1. The Balaban J connectivity index is 1.47. The first-order chi connectivity index (χ1) is 14.2. The van der Waals surface area contributed by atoms with Gasteiger partial charge in [-0.25, -0.2) is 0 Å². The van der Waals surface area contributed by atoms with E-state index in [2.05, 4.69) is 0 Å². The molecule has 1 saturated heterocycles. The molecule has 2 unspecified atom stereocenters. The van der Waals surface area contributed by atoms with E-state index < -0.39 is 0 Å². The highest BCUT2D eigenvalue weighted by Crippen LogP contribution is 2.49. The normalized spacial score (nSPS) is 22.8. The highest BCUT2D eigenvalue weighted by atomic mass is 35.5. The number of fused-ring (bicyclic) bond motifs is 3. The maximum atomic E-state index is 10.8. The second-order valence-electron chi connectivity index (χ2n) is 7.45. The molecule has 6 heteroatoms. The fourth-order valence-corrected chi connectivity index (χ4v) is 4.35. The van der Waals surface area contributed by atoms with Crippen LogP contribution in [0.5, 0.6) is 5.75 Å². The Bertz CT molecular complexity index is 865. The minimum atomic E-state index is -0.308. The van der Waals surface area contributed by atoms with Crippen LogP contribution in [0, 0.1) is 0 Å². The SMILES string of the molecule is O=CC=Cc1c(Cl)cc(CCCCOC2CCCCO2)c2c1C1=C(O)C=CC1O2. The van der Waals surface area contributed by atoms with E-state index in [0.29, 0.717) is 29.1 Å². The molecule has 3 aliphatic rings. The number of ether oxygens (including phenoxy) is 3. The highest BCUT2D eigenvalue weighted by Gasteiger charge is 2.36. The number of rotatable bonds is 8. The third-order valence-electron chi connectivity index (χ3n) is 5.47. The highest BCUT2D eigenvalue weighted by molar-refractivity contribution is 6.32. The Hall–Kier alpha value is -2.08. The lowest BCUT2D eigenvalue weighted by molar-refractivity contribution is -0.162. The van der Waals surface area contributed by atoms with Gasteiger partial charge < -0.3 is 19.3 Å². The van der Waals surface area contributed by atoms with Crippen LogP contribution in [-0.4, -0.2) is 37.0 Å². The molecule has 0 saturated carbocycles. The smallest absolute Gasteiger partial charge is 0.157 e. The number of hydrogen-bond acceptors (Lipinski definition) is 5. The first-order valence-electron chi connectivity index (χ1n) is 10.2. The van der Waals surface area contributed by atoms with E-state index in [-0.39, 0.29) is 18.2 Å². The van der Waals surface area contributed by atoms with Crippen molar-refractivity contribution in [1.82, 2.24) is 0 Å². The summed E-state index contributed by atoms with van der Waals surface area (Å²) < 4.78 is 17.5. The van der Waals surface area contributed by atoms with Crippen molar-refractivity contribution in [2.45, 2.75) is 50.9 Å². The monoisotopic (exact) mass is 416 g/mol. The quantitative estimate of drug-likeness (QED) is 0.366. The largest absolute Gasteiger partial charge is 0.507 e. The number of aryl methyl sites for hydroxylation is 1. The fraction of sp³-hybridized carbons (Fsp3) is 0.435. The maximum Gasteiger partial charge on any atom is 0.157 e. The van der Waals surface area contributed by atoms with Crippen LogP contribution in [-0.2, 0) is 20.7 Å². The van der Waals surface area contributed by atoms with Gasteiger partial charge in [-0.15, -0.1) is 0 Å². The first kappa shape index (κ1) is 20.2. The molecular weight excluding hydrogens is 392 g/mol. The molecule has 0 spiro atoms. The lowest BCUT2D eigenvalue weighted by atomic mass is 9.94. The molecule has 2 heterocycles. The van der Waals surface area contributed by atoms with E-state index in [1.165, 1.54) is 6.08 Å². The summed E-state index contributed by atoms with van der Waals surface area (Å²) in [5.41, 5.74) is 3.20. The number of aliphatic hydroxyl groups excluding tert-OH is 1. The van der Waals surface area contributed by atoms with Crippen LogP contribution in [0.3, 0.4) is 0 Å². The summed E-state index contributed by atoms with van der Waals surface area (Å²) in [6.07, 6.45) is 12.8. The van der Waals surface area contributed by atoms with Gasteiger partial charge in [0.2, 0.25) is 0 Å². The summed E-state index contributed by atoms with van der Waals surface area (Å²) in [6, 6.07) is 1.90. The second kappa shape index (κ2) is 9.16. The van der Waals surface area contributed by atoms with Gasteiger partial charge in [0, 0.05) is 34.9 Å². The number of unbranched alkanes of at least 4 members (excludes halogenated alkanes) is 1. The third kappa shape index (κ3) is 4.27. The van der Waals surface area contributed by atoms with Crippen LogP contribution < -0.4 is 4.74 Å². The number of hydrogen-bond donors (Lipinski definition) is 1. The van der Waals surface area contributed by atoms with Gasteiger partial charge >= 0.3 is 0 Å². The average Bonchev–Trinajstić information content (AvgIpc) is 3.28. The van der Waals surface area contributed by atoms with Crippen LogP contribution in [0.4, 0.5) is 0 Å². The molecule has 0 bridgehead atoms. The summed E-state index contributed by atoms with van der Waals surface area (Å²) >= 11 is 6.54. The number of aliphatic hydroxyl groups is 1. The van der Waals surface area contributed by atoms with Crippen LogP contribution >= 0.6 is 11.6 Å². The topological polar surface area (TPSA) is 65.0 Å². The van der Waals surface area contributed by atoms with Gasteiger partial charge in [-0.1, -0.05) is 11.6 Å². The Morgan fingerprint density at radius 1 is 1.31 bits per heavy atom. The molecule has 4 rings (SSSR count). The van der Waals surface area contributed by atoms with E-state index in [4.69, 9.17) is 25.8 Å². The van der Waals surface area contributed by atoms with Crippen molar-refractivity contribution in [3.8, 4) is 5.75 Å². The predicted octanol–water partition coefficient (Wildman–Crippen LogP) is 5.02. The van der Waals surface area contributed by atoms with Crippen molar-refractivity contribution in [3.63, 3.8) is 0 Å². The van der Waals surface area contributed by atoms with Crippen molar-refractivity contribution < 1.29 is 24.1 Å². The Morgan fingerprint density at radius 2 is 2.21 bits per heavy atom. The molecular formula is C23H25ClO5. The van der Waals surface area contributed by atoms with Gasteiger partial charge in [-0.3, -0.25) is 4.79 Å². The summed E-state index contributed by atoms with van der Waals surface area (Å²) in [4.78, 5) is 10.8. The molecule has 1 aromatic carbocycles. The van der Waals surface area contributed by atoms with Crippen molar-refractivity contribution in [3.05, 3.63) is 51.8 Å². The third-order valence-corrected chi connectivity index (χ3v) is 5.79. The van der Waals surface area contributed by atoms with Crippen LogP contribution in [0.25, 0.3) is 11.6 Å². The Labute approximate surface area is 175 Å². The van der Waals surface area contributed by atoms with Crippen LogP contribution in [0.2, 0.25) is 5.02 Å². The maximum absolute atomic E-state index is 10.8. The van der Waals surface area contributed by atoms with Gasteiger partial charge in [0.1, 0.15) is 23.9 Å². The molecule has 0 amide bonds. The molecule has 154 valence electrons. The zero-order valence-electron chi connectivity index (χ0n) is 16.2. The van der Waals surface area contributed by atoms with Crippen molar-refractivity contribution >= 4 is 29.5 Å². The van der Waals surface area contributed by atoms with Gasteiger partial charge in [0.15, 0.2) is 6.29 Å². The Kier molecular flexibility index (Phi) is 6.38. The lowest BCUT2D eigenvalue weighted by Crippen LogP contribution is -2.22. The van der Waals surface area contributed by atoms with Gasteiger partial charge in [0.05, 0.1) is 0 Å². The van der Waals surface area contributed by atoms with E-state index >= 15 is 0 Å². The summed E-state index contributed by atoms with van der Waals surface area (Å²) in [5, 5.41) is 10.8. The second-order valence-corrected chi connectivity index (χ2v) is 7.86. The Morgan fingerprint density at radius 3 is 3.00 bits per heavy atom. The zero-order chi connectivity index (χ0) is 20.2. The minimum Gasteiger partial charge on any atom is -0.507 e. The first-order valence-corrected chi connectivity index (χ1v) is 10.6. The van der Waals surface area contributed by atoms with Crippen molar-refractivity contribution in [2.75, 3.05) is 13.2 Å². The van der Waals surface area contributed by atoms with Crippen LogP contribution in [0.1, 0.15) is 48.8 Å². The standard InChI is InChI=1S/C23H25ClO5/c24-17-14-15(6-1-3-12-27-20-8-2-4-13-28-20)23-21(16(17)7-5-11-25)22-18(26)9-10-19(22)29-23/h5,7,9-11,14,19-20,26H,1-4,6,8,12-13H2. The molecule has 1 N–H and O–H groups in total. The molecule has 1 aliphatic carbocycles. The zero-order valence-corrected chi connectivity index (χ0v) is 17.0. The number of halogens is 1. The van der Waals surface area contributed by atoms with Gasteiger partial charge in [-0.05, 0) is 74.5 Å². The number of benzene rings is 1. The van der Waals surface area contributed by atoms with Gasteiger partial charge in [-0.2, -0.15) is 0 Å². The summed E-state index contributed by atoms with van der Waals surface area (Å²) in [5.74, 6) is 0.927. The fourth-order valence-electron chi connectivity index (χ4n) is 4.07. The number of allylic oxidation sites excluding steroid dienone is 2. The molecule has 1 fully saturated rings. The molecule has 1 aromatic rings. The summed E-state index contributed by atoms with van der Waals surface area (Å²) in [6.45, 7) is 1.45. The predicted molar refractivity (Wildman–Crippen MR) is 112 cm³/mol. The van der Waals surface area contributed by atoms with Crippen molar-refractivity contribution in [2.24, 2.45) is 0 Å². The van der Waals surface area contributed by atoms with Gasteiger partial charge in [0.25, 0.3) is 0 Å². The molecule has 29 heavy (non-hydrogen) atoms.